The maximum Gasteiger partial charge on any atom is 0.203 e. The highest BCUT2D eigenvalue weighted by Gasteiger charge is 2.13. The lowest BCUT2D eigenvalue weighted by molar-refractivity contribution is 0.872. The fourth-order valence-electron chi connectivity index (χ4n) is 2.15. The molecule has 2 heterocycles. The number of hydrogen-bond acceptors (Lipinski definition) is 4. The van der Waals surface area contributed by atoms with E-state index in [0.717, 1.165) is 16.4 Å². The topological polar surface area (TPSA) is 55.1 Å². The standard InChI is InChI=1S/C14H14ClN5/c1-9(11-5-3-4-6-12(11)15)17-13-14-19-18-10(2)20(14)8-7-16-13/h3-9H,1-2H3,(H,16,17). The Labute approximate surface area is 121 Å². The van der Waals surface area contributed by atoms with Crippen LogP contribution in [0.3, 0.4) is 0 Å². The number of aryl methyl sites for hydroxylation is 1. The minimum atomic E-state index is 0.0272. The van der Waals surface area contributed by atoms with Gasteiger partial charge in [0.1, 0.15) is 5.82 Å². The number of nitrogens with zero attached hydrogens (tertiary/aromatic N) is 4. The summed E-state index contributed by atoms with van der Waals surface area (Å²) < 4.78 is 1.90. The smallest absolute Gasteiger partial charge is 0.203 e. The zero-order valence-electron chi connectivity index (χ0n) is 11.2. The molecule has 0 aliphatic rings. The van der Waals surface area contributed by atoms with E-state index in [1.54, 1.807) is 6.20 Å². The summed E-state index contributed by atoms with van der Waals surface area (Å²) in [5, 5.41) is 12.3. The average molecular weight is 288 g/mol. The van der Waals surface area contributed by atoms with Gasteiger partial charge in [-0.15, -0.1) is 10.2 Å². The van der Waals surface area contributed by atoms with E-state index < -0.39 is 0 Å². The second kappa shape index (κ2) is 5.09. The molecule has 0 saturated carbocycles. The van der Waals surface area contributed by atoms with Gasteiger partial charge in [-0.1, -0.05) is 29.8 Å². The Balaban J connectivity index is 1.95. The van der Waals surface area contributed by atoms with Gasteiger partial charge in [0.05, 0.1) is 6.04 Å². The van der Waals surface area contributed by atoms with Gasteiger partial charge in [-0.3, -0.25) is 4.40 Å². The quantitative estimate of drug-likeness (QED) is 0.803. The first-order valence-electron chi connectivity index (χ1n) is 6.34. The molecule has 1 unspecified atom stereocenters. The Hall–Kier alpha value is -2.14. The van der Waals surface area contributed by atoms with Crippen LogP contribution in [-0.2, 0) is 0 Å². The SMILES string of the molecule is Cc1nnc2c(NC(C)c3ccccc3Cl)nccn12. The van der Waals surface area contributed by atoms with E-state index in [2.05, 4.69) is 20.5 Å². The second-order valence-corrected chi connectivity index (χ2v) is 5.01. The van der Waals surface area contributed by atoms with Crippen LogP contribution in [0.25, 0.3) is 5.65 Å². The van der Waals surface area contributed by atoms with Crippen molar-refractivity contribution in [3.63, 3.8) is 0 Å². The van der Waals surface area contributed by atoms with Crippen molar-refractivity contribution in [1.82, 2.24) is 19.6 Å². The number of halogens is 1. The fourth-order valence-corrected chi connectivity index (χ4v) is 2.45. The maximum atomic E-state index is 6.21. The lowest BCUT2D eigenvalue weighted by Gasteiger charge is -2.16. The monoisotopic (exact) mass is 287 g/mol. The molecule has 0 spiro atoms. The number of nitrogens with one attached hydrogen (secondary N) is 1. The molecule has 3 aromatic rings. The molecule has 20 heavy (non-hydrogen) atoms. The summed E-state index contributed by atoms with van der Waals surface area (Å²) in [6.07, 6.45) is 3.57. The average Bonchev–Trinajstić information content (AvgIpc) is 2.82. The van der Waals surface area contributed by atoms with Gasteiger partial charge in [0.2, 0.25) is 5.65 Å². The summed E-state index contributed by atoms with van der Waals surface area (Å²) >= 11 is 6.21. The molecule has 0 fully saturated rings. The normalized spacial score (nSPS) is 12.6. The molecule has 2 aromatic heterocycles. The molecule has 0 amide bonds. The zero-order chi connectivity index (χ0) is 14.1. The zero-order valence-corrected chi connectivity index (χ0v) is 12.0. The molecule has 0 aliphatic heterocycles. The van der Waals surface area contributed by atoms with Crippen molar-refractivity contribution < 1.29 is 0 Å². The lowest BCUT2D eigenvalue weighted by Crippen LogP contribution is -2.09. The predicted octanol–water partition coefficient (Wildman–Crippen LogP) is 3.26. The molecule has 1 atom stereocenters. The third-order valence-electron chi connectivity index (χ3n) is 3.22. The van der Waals surface area contributed by atoms with Crippen molar-refractivity contribution in [3.8, 4) is 0 Å². The van der Waals surface area contributed by atoms with Crippen LogP contribution in [-0.4, -0.2) is 19.6 Å². The van der Waals surface area contributed by atoms with Gasteiger partial charge in [-0.05, 0) is 25.5 Å². The predicted molar refractivity (Wildman–Crippen MR) is 79.0 cm³/mol. The Morgan fingerprint density at radius 1 is 1.25 bits per heavy atom. The minimum absolute atomic E-state index is 0.0272. The van der Waals surface area contributed by atoms with E-state index in [-0.39, 0.29) is 6.04 Å². The second-order valence-electron chi connectivity index (χ2n) is 4.60. The lowest BCUT2D eigenvalue weighted by atomic mass is 10.1. The molecule has 6 heteroatoms. The van der Waals surface area contributed by atoms with Gasteiger partial charge in [0, 0.05) is 17.4 Å². The Morgan fingerprint density at radius 3 is 2.85 bits per heavy atom. The van der Waals surface area contributed by atoms with Crippen LogP contribution < -0.4 is 5.32 Å². The van der Waals surface area contributed by atoms with Crippen molar-refractivity contribution >= 4 is 23.1 Å². The van der Waals surface area contributed by atoms with E-state index in [1.807, 2.05) is 48.7 Å². The molecular weight excluding hydrogens is 274 g/mol. The molecule has 0 aliphatic carbocycles. The van der Waals surface area contributed by atoms with Gasteiger partial charge in [-0.25, -0.2) is 4.98 Å². The number of aromatic nitrogens is 4. The Morgan fingerprint density at radius 2 is 2.05 bits per heavy atom. The minimum Gasteiger partial charge on any atom is -0.360 e. The van der Waals surface area contributed by atoms with E-state index in [9.17, 15) is 0 Å². The number of fused-ring (bicyclic) bond motifs is 1. The van der Waals surface area contributed by atoms with Crippen molar-refractivity contribution in [2.24, 2.45) is 0 Å². The van der Waals surface area contributed by atoms with Crippen molar-refractivity contribution in [2.45, 2.75) is 19.9 Å². The van der Waals surface area contributed by atoms with Crippen molar-refractivity contribution in [1.29, 1.82) is 0 Å². The molecule has 0 bridgehead atoms. The highest BCUT2D eigenvalue weighted by atomic mass is 35.5. The summed E-state index contributed by atoms with van der Waals surface area (Å²) in [5.74, 6) is 1.52. The molecule has 102 valence electrons. The molecule has 0 saturated heterocycles. The summed E-state index contributed by atoms with van der Waals surface area (Å²) in [6.45, 7) is 3.94. The number of rotatable bonds is 3. The third kappa shape index (κ3) is 2.20. The third-order valence-corrected chi connectivity index (χ3v) is 3.57. The Kier molecular flexibility index (Phi) is 3.28. The van der Waals surface area contributed by atoms with Crippen LogP contribution in [0.15, 0.2) is 36.7 Å². The maximum absolute atomic E-state index is 6.21. The van der Waals surface area contributed by atoms with Gasteiger partial charge < -0.3 is 5.32 Å². The number of anilines is 1. The number of benzene rings is 1. The first-order valence-corrected chi connectivity index (χ1v) is 6.72. The molecule has 0 radical (unpaired) electrons. The van der Waals surface area contributed by atoms with Gasteiger partial charge in [-0.2, -0.15) is 0 Å². The summed E-state index contributed by atoms with van der Waals surface area (Å²) in [6, 6.07) is 7.78. The van der Waals surface area contributed by atoms with Crippen LogP contribution in [0.2, 0.25) is 5.02 Å². The van der Waals surface area contributed by atoms with Crippen LogP contribution >= 0.6 is 11.6 Å². The summed E-state index contributed by atoms with van der Waals surface area (Å²) in [5.41, 5.74) is 1.73. The molecule has 3 rings (SSSR count). The van der Waals surface area contributed by atoms with E-state index in [0.29, 0.717) is 11.5 Å². The van der Waals surface area contributed by atoms with Crippen LogP contribution in [0.4, 0.5) is 5.82 Å². The highest BCUT2D eigenvalue weighted by Crippen LogP contribution is 2.26. The first kappa shape index (κ1) is 12.9. The van der Waals surface area contributed by atoms with E-state index >= 15 is 0 Å². The largest absolute Gasteiger partial charge is 0.360 e. The summed E-state index contributed by atoms with van der Waals surface area (Å²) in [7, 11) is 0. The first-order chi connectivity index (χ1) is 9.66. The van der Waals surface area contributed by atoms with Gasteiger partial charge in [0.25, 0.3) is 0 Å². The van der Waals surface area contributed by atoms with Crippen LogP contribution in [0.5, 0.6) is 0 Å². The molecule has 5 nitrogen and oxygen atoms in total. The van der Waals surface area contributed by atoms with Crippen LogP contribution in [0, 0.1) is 6.92 Å². The number of hydrogen-bond donors (Lipinski definition) is 1. The van der Waals surface area contributed by atoms with Crippen LogP contribution in [0.1, 0.15) is 24.4 Å². The fraction of sp³-hybridized carbons (Fsp3) is 0.214. The van der Waals surface area contributed by atoms with E-state index in [4.69, 9.17) is 11.6 Å². The molecular formula is C14H14ClN5. The Bertz CT molecular complexity index is 752. The highest BCUT2D eigenvalue weighted by molar-refractivity contribution is 6.31. The van der Waals surface area contributed by atoms with Crippen molar-refractivity contribution in [3.05, 3.63) is 53.1 Å². The van der Waals surface area contributed by atoms with Crippen molar-refractivity contribution in [2.75, 3.05) is 5.32 Å². The summed E-state index contributed by atoms with van der Waals surface area (Å²) in [4.78, 5) is 4.34. The molecule has 1 N–H and O–H groups in total. The molecule has 1 aromatic carbocycles. The van der Waals surface area contributed by atoms with Gasteiger partial charge >= 0.3 is 0 Å². The van der Waals surface area contributed by atoms with E-state index in [1.165, 1.54) is 0 Å². The van der Waals surface area contributed by atoms with Gasteiger partial charge in [0.15, 0.2) is 5.82 Å².